The quantitative estimate of drug-likeness (QED) is 0.887. The van der Waals surface area contributed by atoms with Gasteiger partial charge in [0.25, 0.3) is 5.91 Å². The van der Waals surface area contributed by atoms with Gasteiger partial charge in [-0.1, -0.05) is 12.1 Å². The smallest absolute Gasteiger partial charge is 0.256 e. The number of amides is 1. The van der Waals surface area contributed by atoms with Crippen LogP contribution in [0.5, 0.6) is 0 Å². The minimum atomic E-state index is 0.0706. The molecule has 0 radical (unpaired) electrons. The Balaban J connectivity index is 1.66. The minimum Gasteiger partial charge on any atom is -0.335 e. The molecule has 1 N–H and O–H groups in total. The monoisotopic (exact) mass is 283 g/mol. The highest BCUT2D eigenvalue weighted by molar-refractivity contribution is 5.97. The summed E-state index contributed by atoms with van der Waals surface area (Å²) >= 11 is 0. The topological polar surface area (TPSA) is 63.1 Å². The molecule has 2 aliphatic rings. The SMILES string of the molecule is O=C(c1ccccc1-n1nccn1)N1CC2CCC(C1)N2. The first-order valence-electron chi connectivity index (χ1n) is 7.32. The maximum absolute atomic E-state index is 12.9. The summed E-state index contributed by atoms with van der Waals surface area (Å²) in [5.74, 6) is 0.0706. The zero-order chi connectivity index (χ0) is 14.2. The molecule has 4 rings (SSSR count). The van der Waals surface area contributed by atoms with Gasteiger partial charge >= 0.3 is 0 Å². The van der Waals surface area contributed by atoms with E-state index in [1.54, 1.807) is 12.4 Å². The number of aromatic nitrogens is 3. The number of nitrogens with zero attached hydrogens (tertiary/aromatic N) is 4. The summed E-state index contributed by atoms with van der Waals surface area (Å²) in [6.45, 7) is 1.58. The van der Waals surface area contributed by atoms with Crippen molar-refractivity contribution in [2.45, 2.75) is 24.9 Å². The van der Waals surface area contributed by atoms with Crippen LogP contribution in [0.3, 0.4) is 0 Å². The number of nitrogens with one attached hydrogen (secondary N) is 1. The molecule has 2 unspecified atom stereocenters. The summed E-state index contributed by atoms with van der Waals surface area (Å²) in [6, 6.07) is 8.41. The second kappa shape index (κ2) is 4.96. The normalized spacial score (nSPS) is 24.3. The number of hydrogen-bond donors (Lipinski definition) is 1. The Morgan fingerprint density at radius 2 is 1.76 bits per heavy atom. The maximum Gasteiger partial charge on any atom is 0.256 e. The van der Waals surface area contributed by atoms with Crippen LogP contribution in [0.4, 0.5) is 0 Å². The van der Waals surface area contributed by atoms with Crippen LogP contribution in [0.25, 0.3) is 5.69 Å². The van der Waals surface area contributed by atoms with Crippen molar-refractivity contribution < 1.29 is 4.79 Å². The van der Waals surface area contributed by atoms with Crippen LogP contribution in [0, 0.1) is 0 Å². The van der Waals surface area contributed by atoms with Crippen molar-refractivity contribution in [1.82, 2.24) is 25.2 Å². The molecule has 6 nitrogen and oxygen atoms in total. The van der Waals surface area contributed by atoms with Crippen molar-refractivity contribution in [3.63, 3.8) is 0 Å². The molecule has 2 fully saturated rings. The van der Waals surface area contributed by atoms with Crippen molar-refractivity contribution in [2.24, 2.45) is 0 Å². The lowest BCUT2D eigenvalue weighted by atomic mass is 10.1. The van der Waals surface area contributed by atoms with E-state index in [4.69, 9.17) is 0 Å². The molecule has 1 aromatic carbocycles. The van der Waals surface area contributed by atoms with E-state index >= 15 is 0 Å². The van der Waals surface area contributed by atoms with Crippen LogP contribution in [0.1, 0.15) is 23.2 Å². The molecule has 2 saturated heterocycles. The average Bonchev–Trinajstić information content (AvgIpc) is 3.16. The first-order valence-corrected chi connectivity index (χ1v) is 7.32. The fourth-order valence-corrected chi connectivity index (χ4v) is 3.30. The number of para-hydroxylation sites is 1. The standard InChI is InChI=1S/C15H17N5O/c21-15(19-9-11-5-6-12(10-19)18-11)13-3-1-2-4-14(13)20-16-7-8-17-20/h1-4,7-8,11-12,18H,5-6,9-10H2. The van der Waals surface area contributed by atoms with Gasteiger partial charge in [0.15, 0.2) is 0 Å². The fourth-order valence-electron chi connectivity index (χ4n) is 3.30. The molecule has 2 bridgehead atoms. The fraction of sp³-hybridized carbons (Fsp3) is 0.400. The van der Waals surface area contributed by atoms with E-state index in [2.05, 4.69) is 15.5 Å². The molecular weight excluding hydrogens is 266 g/mol. The highest BCUT2D eigenvalue weighted by Gasteiger charge is 2.35. The molecule has 0 aliphatic carbocycles. The van der Waals surface area contributed by atoms with Gasteiger partial charge in [0.05, 0.1) is 23.6 Å². The van der Waals surface area contributed by atoms with E-state index in [0.29, 0.717) is 17.6 Å². The third-order valence-electron chi connectivity index (χ3n) is 4.27. The van der Waals surface area contributed by atoms with Crippen molar-refractivity contribution in [3.05, 3.63) is 42.2 Å². The third-order valence-corrected chi connectivity index (χ3v) is 4.27. The van der Waals surface area contributed by atoms with Crippen molar-refractivity contribution in [1.29, 1.82) is 0 Å². The van der Waals surface area contributed by atoms with E-state index in [-0.39, 0.29) is 5.91 Å². The third kappa shape index (κ3) is 2.21. The van der Waals surface area contributed by atoms with Gasteiger partial charge < -0.3 is 10.2 Å². The predicted molar refractivity (Wildman–Crippen MR) is 77.2 cm³/mol. The van der Waals surface area contributed by atoms with E-state index in [1.807, 2.05) is 29.2 Å². The molecule has 108 valence electrons. The lowest BCUT2D eigenvalue weighted by molar-refractivity contribution is 0.0697. The summed E-state index contributed by atoms with van der Waals surface area (Å²) in [5.41, 5.74) is 1.40. The summed E-state index contributed by atoms with van der Waals surface area (Å²) in [4.78, 5) is 16.3. The average molecular weight is 283 g/mol. The van der Waals surface area contributed by atoms with Gasteiger partial charge in [-0.3, -0.25) is 4.79 Å². The van der Waals surface area contributed by atoms with Crippen LogP contribution < -0.4 is 5.32 Å². The molecule has 2 aromatic rings. The predicted octanol–water partition coefficient (Wildman–Crippen LogP) is 0.844. The molecule has 0 saturated carbocycles. The van der Waals surface area contributed by atoms with Crippen LogP contribution in [0.2, 0.25) is 0 Å². The number of fused-ring (bicyclic) bond motifs is 2. The highest BCUT2D eigenvalue weighted by atomic mass is 16.2. The number of carbonyl (C=O) groups excluding carboxylic acids is 1. The van der Waals surface area contributed by atoms with Gasteiger partial charge in [-0.15, -0.1) is 0 Å². The second-order valence-electron chi connectivity index (χ2n) is 5.68. The Morgan fingerprint density at radius 1 is 1.10 bits per heavy atom. The van der Waals surface area contributed by atoms with Crippen LogP contribution in [0.15, 0.2) is 36.7 Å². The van der Waals surface area contributed by atoms with E-state index in [0.717, 1.165) is 31.6 Å². The lowest BCUT2D eigenvalue weighted by Gasteiger charge is -2.33. The van der Waals surface area contributed by atoms with Gasteiger partial charge in [-0.25, -0.2) is 0 Å². The van der Waals surface area contributed by atoms with Crippen LogP contribution in [-0.2, 0) is 0 Å². The Kier molecular flexibility index (Phi) is 2.96. The van der Waals surface area contributed by atoms with Crippen LogP contribution in [-0.4, -0.2) is 51.0 Å². The molecule has 0 spiro atoms. The molecule has 1 aromatic heterocycles. The number of rotatable bonds is 2. The zero-order valence-electron chi connectivity index (χ0n) is 11.6. The summed E-state index contributed by atoms with van der Waals surface area (Å²) in [6.07, 6.45) is 5.56. The molecule has 2 aliphatic heterocycles. The first kappa shape index (κ1) is 12.5. The number of benzene rings is 1. The Bertz CT molecular complexity index is 642. The Labute approximate surface area is 122 Å². The molecule has 21 heavy (non-hydrogen) atoms. The summed E-state index contributed by atoms with van der Waals surface area (Å²) in [5, 5.41) is 11.8. The molecular formula is C15H17N5O. The summed E-state index contributed by atoms with van der Waals surface area (Å²) < 4.78 is 0. The van der Waals surface area contributed by atoms with E-state index < -0.39 is 0 Å². The maximum atomic E-state index is 12.9. The minimum absolute atomic E-state index is 0.0706. The number of likely N-dealkylation sites (tertiary alicyclic amines) is 1. The van der Waals surface area contributed by atoms with Gasteiger partial charge in [-0.2, -0.15) is 15.0 Å². The number of hydrogen-bond acceptors (Lipinski definition) is 4. The van der Waals surface area contributed by atoms with Crippen molar-refractivity contribution in [3.8, 4) is 5.69 Å². The first-order chi connectivity index (χ1) is 10.3. The molecule has 1 amide bonds. The zero-order valence-corrected chi connectivity index (χ0v) is 11.6. The molecule has 6 heteroatoms. The second-order valence-corrected chi connectivity index (χ2v) is 5.68. The van der Waals surface area contributed by atoms with Gasteiger partial charge in [0.2, 0.25) is 0 Å². The van der Waals surface area contributed by atoms with Crippen molar-refractivity contribution >= 4 is 5.91 Å². The molecule has 2 atom stereocenters. The van der Waals surface area contributed by atoms with E-state index in [9.17, 15) is 4.79 Å². The van der Waals surface area contributed by atoms with Crippen LogP contribution >= 0.6 is 0 Å². The Morgan fingerprint density at radius 3 is 2.48 bits per heavy atom. The summed E-state index contributed by atoms with van der Waals surface area (Å²) in [7, 11) is 0. The van der Waals surface area contributed by atoms with E-state index in [1.165, 1.54) is 4.80 Å². The van der Waals surface area contributed by atoms with Crippen molar-refractivity contribution in [2.75, 3.05) is 13.1 Å². The number of carbonyl (C=O) groups is 1. The van der Waals surface area contributed by atoms with Gasteiger partial charge in [-0.05, 0) is 25.0 Å². The number of piperazine rings is 1. The van der Waals surface area contributed by atoms with Gasteiger partial charge in [0, 0.05) is 25.2 Å². The van der Waals surface area contributed by atoms with Gasteiger partial charge in [0.1, 0.15) is 0 Å². The Hall–Kier alpha value is -2.21. The molecule has 3 heterocycles. The largest absolute Gasteiger partial charge is 0.335 e. The highest BCUT2D eigenvalue weighted by Crippen LogP contribution is 2.23. The lowest BCUT2D eigenvalue weighted by Crippen LogP contribution is -2.53.